The predicted molar refractivity (Wildman–Crippen MR) is 131 cm³/mol. The highest BCUT2D eigenvalue weighted by molar-refractivity contribution is 6.02. The Labute approximate surface area is 195 Å². The summed E-state index contributed by atoms with van der Waals surface area (Å²) < 4.78 is 7.70. The Balaban J connectivity index is 1.47. The number of oxime groups is 1. The van der Waals surface area contributed by atoms with E-state index in [2.05, 4.69) is 70.5 Å². The number of hydrogen-bond donors (Lipinski definition) is 0. The van der Waals surface area contributed by atoms with Gasteiger partial charge in [0.1, 0.15) is 12.4 Å². The number of rotatable bonds is 4. The van der Waals surface area contributed by atoms with Crippen molar-refractivity contribution >= 4 is 11.9 Å². The second-order valence-electron chi connectivity index (χ2n) is 8.78. The highest BCUT2D eigenvalue weighted by atomic mass is 16.6. The molecule has 1 saturated heterocycles. The minimum atomic E-state index is 0.275. The van der Waals surface area contributed by atoms with Gasteiger partial charge in [0.2, 0.25) is 0 Å². The summed E-state index contributed by atoms with van der Waals surface area (Å²) in [7, 11) is 1.71. The molecule has 5 rings (SSSR count). The van der Waals surface area contributed by atoms with Crippen molar-refractivity contribution in [2.75, 3.05) is 20.3 Å². The van der Waals surface area contributed by atoms with Crippen molar-refractivity contribution in [3.05, 3.63) is 82.9 Å². The van der Waals surface area contributed by atoms with Crippen LogP contribution in [0.1, 0.15) is 47.7 Å². The van der Waals surface area contributed by atoms with Gasteiger partial charge in [-0.2, -0.15) is 0 Å². The number of hydrogen-bond acceptors (Lipinski definition) is 5. The van der Waals surface area contributed by atoms with Gasteiger partial charge in [0.15, 0.2) is 5.84 Å². The number of aromatic nitrogens is 2. The molecule has 0 radical (unpaired) electrons. The molecule has 170 valence electrons. The Hall–Kier alpha value is -3.54. The fourth-order valence-electron chi connectivity index (χ4n) is 4.71. The van der Waals surface area contributed by atoms with Crippen LogP contribution >= 0.6 is 0 Å². The standard InChI is InChI=1S/C27H30N4O2/c1-19-6-9-22(10-7-19)24-12-14-33-29-27-23(5-4-13-31(24)27)15-21-8-11-25(26(16-21)32-3)30-17-20(2)28-18-30/h6-11,15-18,24H,4-5,12-14H2,1-3H3/b23-15+. The summed E-state index contributed by atoms with van der Waals surface area (Å²) in [6.45, 7) is 5.72. The Morgan fingerprint density at radius 2 is 1.97 bits per heavy atom. The fraction of sp³-hybridized carbons (Fsp3) is 0.333. The zero-order valence-electron chi connectivity index (χ0n) is 19.5. The molecule has 33 heavy (non-hydrogen) atoms. The molecule has 1 unspecified atom stereocenters. The van der Waals surface area contributed by atoms with Gasteiger partial charge in [-0.05, 0) is 61.6 Å². The lowest BCUT2D eigenvalue weighted by atomic mass is 9.94. The first-order valence-corrected chi connectivity index (χ1v) is 11.6. The number of imidazole rings is 1. The van der Waals surface area contributed by atoms with Gasteiger partial charge in [-0.15, -0.1) is 0 Å². The van der Waals surface area contributed by atoms with Crippen molar-refractivity contribution in [3.8, 4) is 11.4 Å². The summed E-state index contributed by atoms with van der Waals surface area (Å²) in [5.41, 5.74) is 6.83. The second kappa shape index (κ2) is 9.14. The first-order valence-electron chi connectivity index (χ1n) is 11.6. The average molecular weight is 443 g/mol. The van der Waals surface area contributed by atoms with Gasteiger partial charge < -0.3 is 19.0 Å². The largest absolute Gasteiger partial charge is 0.495 e. The van der Waals surface area contributed by atoms with Gasteiger partial charge in [-0.1, -0.05) is 41.1 Å². The number of amidine groups is 1. The highest BCUT2D eigenvalue weighted by Gasteiger charge is 2.31. The number of aryl methyl sites for hydroxylation is 2. The van der Waals surface area contributed by atoms with Crippen molar-refractivity contribution in [3.63, 3.8) is 0 Å². The maximum absolute atomic E-state index is 5.71. The van der Waals surface area contributed by atoms with Gasteiger partial charge in [-0.25, -0.2) is 4.98 Å². The molecule has 0 bridgehead atoms. The van der Waals surface area contributed by atoms with Crippen LogP contribution in [-0.2, 0) is 4.84 Å². The normalized spacial score (nSPS) is 19.5. The molecule has 0 saturated carbocycles. The molecule has 3 heterocycles. The maximum atomic E-state index is 5.71. The minimum absolute atomic E-state index is 0.275. The molecule has 2 aromatic carbocycles. The van der Waals surface area contributed by atoms with E-state index in [1.807, 2.05) is 24.0 Å². The number of benzene rings is 2. The molecule has 3 aromatic rings. The molecule has 1 atom stereocenters. The summed E-state index contributed by atoms with van der Waals surface area (Å²) >= 11 is 0. The van der Waals surface area contributed by atoms with Crippen LogP contribution in [0.2, 0.25) is 0 Å². The van der Waals surface area contributed by atoms with Crippen molar-refractivity contribution in [1.29, 1.82) is 0 Å². The molecule has 0 spiro atoms. The quantitative estimate of drug-likeness (QED) is 0.539. The van der Waals surface area contributed by atoms with E-state index < -0.39 is 0 Å². The molecule has 6 heteroatoms. The fourth-order valence-corrected chi connectivity index (χ4v) is 4.71. The van der Waals surface area contributed by atoms with Crippen LogP contribution in [0.5, 0.6) is 5.75 Å². The molecule has 6 nitrogen and oxygen atoms in total. The molecular formula is C27H30N4O2. The van der Waals surface area contributed by atoms with Gasteiger partial charge >= 0.3 is 0 Å². The van der Waals surface area contributed by atoms with Crippen molar-refractivity contribution in [2.45, 2.75) is 39.2 Å². The monoisotopic (exact) mass is 442 g/mol. The van der Waals surface area contributed by atoms with E-state index in [1.54, 1.807) is 7.11 Å². The predicted octanol–water partition coefficient (Wildman–Crippen LogP) is 5.45. The van der Waals surface area contributed by atoms with Crippen LogP contribution in [-0.4, -0.2) is 40.5 Å². The van der Waals surface area contributed by atoms with Crippen molar-refractivity contribution in [2.24, 2.45) is 5.16 Å². The lowest BCUT2D eigenvalue weighted by Crippen LogP contribution is -2.39. The number of piperidine rings is 1. The van der Waals surface area contributed by atoms with E-state index in [9.17, 15) is 0 Å². The zero-order valence-corrected chi connectivity index (χ0v) is 19.5. The summed E-state index contributed by atoms with van der Waals surface area (Å²) in [5, 5.41) is 4.56. The Morgan fingerprint density at radius 3 is 2.73 bits per heavy atom. The van der Waals surface area contributed by atoms with Gasteiger partial charge in [0, 0.05) is 19.2 Å². The molecule has 0 aliphatic carbocycles. The molecular weight excluding hydrogens is 412 g/mol. The van der Waals surface area contributed by atoms with E-state index in [0.717, 1.165) is 54.3 Å². The van der Waals surface area contributed by atoms with E-state index in [0.29, 0.717) is 6.61 Å². The van der Waals surface area contributed by atoms with Crippen LogP contribution in [0.25, 0.3) is 11.8 Å². The molecule has 1 aromatic heterocycles. The Kier molecular flexibility index (Phi) is 5.90. The third-order valence-corrected chi connectivity index (χ3v) is 6.41. The first-order chi connectivity index (χ1) is 16.1. The minimum Gasteiger partial charge on any atom is -0.495 e. The van der Waals surface area contributed by atoms with Crippen molar-refractivity contribution < 1.29 is 9.57 Å². The molecule has 1 fully saturated rings. The van der Waals surface area contributed by atoms with E-state index >= 15 is 0 Å². The molecule has 0 N–H and O–H groups in total. The first kappa shape index (κ1) is 21.3. The molecule has 0 amide bonds. The second-order valence-corrected chi connectivity index (χ2v) is 8.78. The van der Waals surface area contributed by atoms with Crippen LogP contribution < -0.4 is 4.74 Å². The lowest BCUT2D eigenvalue weighted by molar-refractivity contribution is 0.140. The molecule has 2 aliphatic heterocycles. The Bertz CT molecular complexity index is 1190. The van der Waals surface area contributed by atoms with Crippen LogP contribution in [0, 0.1) is 13.8 Å². The van der Waals surface area contributed by atoms with Gasteiger partial charge in [0.05, 0.1) is 30.9 Å². The lowest BCUT2D eigenvalue weighted by Gasteiger charge is -2.36. The number of nitrogens with zero attached hydrogens (tertiary/aromatic N) is 4. The number of ether oxygens (including phenoxy) is 1. The smallest absolute Gasteiger partial charge is 0.171 e. The third-order valence-electron chi connectivity index (χ3n) is 6.41. The van der Waals surface area contributed by atoms with Crippen LogP contribution in [0.4, 0.5) is 0 Å². The maximum Gasteiger partial charge on any atom is 0.171 e. The topological polar surface area (TPSA) is 51.9 Å². The van der Waals surface area contributed by atoms with Crippen LogP contribution in [0.15, 0.2) is 65.7 Å². The summed E-state index contributed by atoms with van der Waals surface area (Å²) in [5.74, 6) is 1.77. The zero-order chi connectivity index (χ0) is 22.8. The highest BCUT2D eigenvalue weighted by Crippen LogP contribution is 2.34. The number of fused-ring (bicyclic) bond motifs is 1. The summed E-state index contributed by atoms with van der Waals surface area (Å²) in [4.78, 5) is 12.5. The number of methoxy groups -OCH3 is 1. The molecule has 2 aliphatic rings. The SMILES string of the molecule is COc1cc(/C=C2\CCCN3C2=NOCCC3c2ccc(C)cc2)ccc1-n1cnc(C)c1. The van der Waals surface area contributed by atoms with Gasteiger partial charge in [-0.3, -0.25) is 0 Å². The van der Waals surface area contributed by atoms with E-state index in [4.69, 9.17) is 9.57 Å². The Morgan fingerprint density at radius 1 is 1.12 bits per heavy atom. The van der Waals surface area contributed by atoms with Crippen LogP contribution in [0.3, 0.4) is 0 Å². The van der Waals surface area contributed by atoms with E-state index in [-0.39, 0.29) is 6.04 Å². The van der Waals surface area contributed by atoms with E-state index in [1.165, 1.54) is 16.7 Å². The third kappa shape index (κ3) is 4.38. The summed E-state index contributed by atoms with van der Waals surface area (Å²) in [6, 6.07) is 15.4. The summed E-state index contributed by atoms with van der Waals surface area (Å²) in [6.07, 6.45) is 9.03. The van der Waals surface area contributed by atoms with Gasteiger partial charge in [0.25, 0.3) is 0 Å². The average Bonchev–Trinajstić information content (AvgIpc) is 3.14. The van der Waals surface area contributed by atoms with Crippen molar-refractivity contribution in [1.82, 2.24) is 14.5 Å².